The standard InChI is InChI=1S/C17H18ClN3O2/c1-19-17(23)21-15-7-3-6-14(11-15)20-16(22)9-8-12-4-2-5-13(18)10-12/h2-7,10-11H,8-9H2,1H3,(H,20,22)(H2,19,21,23). The van der Waals surface area contributed by atoms with E-state index in [1.807, 2.05) is 18.2 Å². The van der Waals surface area contributed by atoms with Gasteiger partial charge in [0.2, 0.25) is 5.91 Å². The van der Waals surface area contributed by atoms with Crippen molar-refractivity contribution in [3.63, 3.8) is 0 Å². The average Bonchev–Trinajstić information content (AvgIpc) is 2.53. The van der Waals surface area contributed by atoms with Gasteiger partial charge >= 0.3 is 6.03 Å². The topological polar surface area (TPSA) is 70.2 Å². The SMILES string of the molecule is CNC(=O)Nc1cccc(NC(=O)CCc2cccc(Cl)c2)c1. The summed E-state index contributed by atoms with van der Waals surface area (Å²) in [5.41, 5.74) is 2.26. The van der Waals surface area contributed by atoms with Gasteiger partial charge in [0.1, 0.15) is 0 Å². The van der Waals surface area contributed by atoms with Gasteiger partial charge in [-0.2, -0.15) is 0 Å². The number of carbonyl (C=O) groups is 2. The summed E-state index contributed by atoms with van der Waals surface area (Å²) < 4.78 is 0. The fourth-order valence-corrected chi connectivity index (χ4v) is 2.26. The molecule has 3 amide bonds. The zero-order chi connectivity index (χ0) is 16.7. The van der Waals surface area contributed by atoms with Crippen LogP contribution in [0, 0.1) is 0 Å². The van der Waals surface area contributed by atoms with E-state index in [0.717, 1.165) is 5.56 Å². The number of nitrogens with one attached hydrogen (secondary N) is 3. The zero-order valence-corrected chi connectivity index (χ0v) is 13.5. The molecule has 23 heavy (non-hydrogen) atoms. The summed E-state index contributed by atoms with van der Waals surface area (Å²) in [7, 11) is 1.54. The van der Waals surface area contributed by atoms with E-state index >= 15 is 0 Å². The largest absolute Gasteiger partial charge is 0.341 e. The summed E-state index contributed by atoms with van der Waals surface area (Å²) in [6, 6.07) is 14.1. The van der Waals surface area contributed by atoms with Gasteiger partial charge in [-0.05, 0) is 42.3 Å². The number of benzene rings is 2. The van der Waals surface area contributed by atoms with Crippen molar-refractivity contribution in [1.29, 1.82) is 0 Å². The maximum absolute atomic E-state index is 12.0. The minimum atomic E-state index is -0.311. The van der Waals surface area contributed by atoms with Gasteiger partial charge in [-0.3, -0.25) is 4.79 Å². The van der Waals surface area contributed by atoms with Crippen LogP contribution in [0.4, 0.5) is 16.2 Å². The summed E-state index contributed by atoms with van der Waals surface area (Å²) in [5, 5.41) is 8.60. The van der Waals surface area contributed by atoms with Crippen LogP contribution in [0.1, 0.15) is 12.0 Å². The first-order valence-electron chi connectivity index (χ1n) is 7.20. The minimum absolute atomic E-state index is 0.0953. The second-order valence-electron chi connectivity index (χ2n) is 4.96. The van der Waals surface area contributed by atoms with Crippen molar-refractivity contribution in [2.45, 2.75) is 12.8 Å². The third-order valence-electron chi connectivity index (χ3n) is 3.16. The lowest BCUT2D eigenvalue weighted by Gasteiger charge is -2.09. The van der Waals surface area contributed by atoms with E-state index in [0.29, 0.717) is 29.2 Å². The van der Waals surface area contributed by atoms with Crippen LogP contribution < -0.4 is 16.0 Å². The first kappa shape index (κ1) is 16.8. The molecule has 0 radical (unpaired) electrons. The summed E-state index contributed by atoms with van der Waals surface area (Å²) in [6.07, 6.45) is 0.968. The summed E-state index contributed by atoms with van der Waals surface area (Å²) in [5.74, 6) is -0.0953. The lowest BCUT2D eigenvalue weighted by Crippen LogP contribution is -2.24. The molecular weight excluding hydrogens is 314 g/mol. The molecule has 0 bridgehead atoms. The number of aryl methyl sites for hydroxylation is 1. The number of urea groups is 1. The molecule has 0 aliphatic heterocycles. The molecule has 2 aromatic carbocycles. The Hall–Kier alpha value is -2.53. The van der Waals surface area contributed by atoms with Crippen LogP contribution in [0.2, 0.25) is 5.02 Å². The molecular formula is C17H18ClN3O2. The molecule has 0 spiro atoms. The van der Waals surface area contributed by atoms with Crippen LogP contribution in [0.5, 0.6) is 0 Å². The van der Waals surface area contributed by atoms with Crippen LogP contribution in [-0.2, 0) is 11.2 Å². The summed E-state index contributed by atoms with van der Waals surface area (Å²) in [4.78, 5) is 23.3. The van der Waals surface area contributed by atoms with E-state index in [1.54, 1.807) is 30.3 Å². The van der Waals surface area contributed by atoms with E-state index in [2.05, 4.69) is 16.0 Å². The van der Waals surface area contributed by atoms with E-state index in [-0.39, 0.29) is 11.9 Å². The van der Waals surface area contributed by atoms with Crippen molar-refractivity contribution in [1.82, 2.24) is 5.32 Å². The monoisotopic (exact) mass is 331 g/mol. The fraction of sp³-hybridized carbons (Fsp3) is 0.176. The quantitative estimate of drug-likeness (QED) is 0.782. The molecule has 2 aromatic rings. The van der Waals surface area contributed by atoms with E-state index < -0.39 is 0 Å². The number of hydrogen-bond acceptors (Lipinski definition) is 2. The summed E-state index contributed by atoms with van der Waals surface area (Å²) in [6.45, 7) is 0. The van der Waals surface area contributed by atoms with Gasteiger partial charge < -0.3 is 16.0 Å². The zero-order valence-electron chi connectivity index (χ0n) is 12.7. The first-order chi connectivity index (χ1) is 11.1. The highest BCUT2D eigenvalue weighted by atomic mass is 35.5. The second-order valence-corrected chi connectivity index (χ2v) is 5.40. The van der Waals surface area contributed by atoms with Crippen LogP contribution in [0.15, 0.2) is 48.5 Å². The number of amides is 3. The predicted molar refractivity (Wildman–Crippen MR) is 92.9 cm³/mol. The number of hydrogen-bond donors (Lipinski definition) is 3. The highest BCUT2D eigenvalue weighted by Gasteiger charge is 2.05. The molecule has 5 nitrogen and oxygen atoms in total. The molecule has 0 aliphatic carbocycles. The molecule has 0 aliphatic rings. The Kier molecular flexibility index (Phi) is 6.00. The Morgan fingerprint density at radius 1 is 1.00 bits per heavy atom. The van der Waals surface area contributed by atoms with Gasteiger partial charge in [-0.15, -0.1) is 0 Å². The third-order valence-corrected chi connectivity index (χ3v) is 3.40. The lowest BCUT2D eigenvalue weighted by atomic mass is 10.1. The number of anilines is 2. The minimum Gasteiger partial charge on any atom is -0.341 e. The van der Waals surface area contributed by atoms with Crippen LogP contribution >= 0.6 is 11.6 Å². The molecule has 0 saturated carbocycles. The van der Waals surface area contributed by atoms with Crippen molar-refractivity contribution in [2.75, 3.05) is 17.7 Å². The maximum Gasteiger partial charge on any atom is 0.318 e. The molecule has 6 heteroatoms. The molecule has 0 heterocycles. The van der Waals surface area contributed by atoms with Crippen molar-refractivity contribution < 1.29 is 9.59 Å². The fourth-order valence-electron chi connectivity index (χ4n) is 2.04. The van der Waals surface area contributed by atoms with Gasteiger partial charge in [0.05, 0.1) is 0 Å². The number of halogens is 1. The Morgan fingerprint density at radius 2 is 1.70 bits per heavy atom. The Labute approximate surface area is 140 Å². The van der Waals surface area contributed by atoms with Crippen LogP contribution in [0.25, 0.3) is 0 Å². The van der Waals surface area contributed by atoms with Crippen molar-refractivity contribution in [2.24, 2.45) is 0 Å². The molecule has 3 N–H and O–H groups in total. The third kappa shape index (κ3) is 5.64. The molecule has 0 fully saturated rings. The Balaban J connectivity index is 1.90. The van der Waals surface area contributed by atoms with Gasteiger partial charge in [0, 0.05) is 29.9 Å². The van der Waals surface area contributed by atoms with Crippen LogP contribution in [-0.4, -0.2) is 19.0 Å². The molecule has 120 valence electrons. The Bertz CT molecular complexity index is 704. The van der Waals surface area contributed by atoms with Crippen molar-refractivity contribution in [3.05, 3.63) is 59.1 Å². The summed E-state index contributed by atoms with van der Waals surface area (Å²) >= 11 is 5.92. The number of carbonyl (C=O) groups excluding carboxylic acids is 2. The Morgan fingerprint density at radius 3 is 2.39 bits per heavy atom. The second kappa shape index (κ2) is 8.19. The van der Waals surface area contributed by atoms with Gasteiger partial charge in [-0.25, -0.2) is 4.79 Å². The lowest BCUT2D eigenvalue weighted by molar-refractivity contribution is -0.116. The van der Waals surface area contributed by atoms with Gasteiger partial charge in [0.25, 0.3) is 0 Å². The van der Waals surface area contributed by atoms with E-state index in [4.69, 9.17) is 11.6 Å². The predicted octanol–water partition coefficient (Wildman–Crippen LogP) is 3.66. The molecule has 0 saturated heterocycles. The van der Waals surface area contributed by atoms with E-state index in [1.165, 1.54) is 7.05 Å². The van der Waals surface area contributed by atoms with Crippen LogP contribution in [0.3, 0.4) is 0 Å². The smallest absolute Gasteiger partial charge is 0.318 e. The first-order valence-corrected chi connectivity index (χ1v) is 7.58. The average molecular weight is 332 g/mol. The molecule has 2 rings (SSSR count). The van der Waals surface area contributed by atoms with Gasteiger partial charge in [0.15, 0.2) is 0 Å². The van der Waals surface area contributed by atoms with Crippen molar-refractivity contribution in [3.8, 4) is 0 Å². The highest BCUT2D eigenvalue weighted by Crippen LogP contribution is 2.16. The molecule has 0 atom stereocenters. The maximum atomic E-state index is 12.0. The molecule has 0 aromatic heterocycles. The highest BCUT2D eigenvalue weighted by molar-refractivity contribution is 6.30. The van der Waals surface area contributed by atoms with E-state index in [9.17, 15) is 9.59 Å². The van der Waals surface area contributed by atoms with Gasteiger partial charge in [-0.1, -0.05) is 29.8 Å². The normalized spacial score (nSPS) is 10.0. The number of rotatable bonds is 5. The molecule has 0 unspecified atom stereocenters. The van der Waals surface area contributed by atoms with Crippen molar-refractivity contribution >= 4 is 34.9 Å².